The van der Waals surface area contributed by atoms with Crippen LogP contribution in [0.3, 0.4) is 0 Å². The number of rotatable bonds is 0. The summed E-state index contributed by atoms with van der Waals surface area (Å²) in [6.07, 6.45) is 2.83. The van der Waals surface area contributed by atoms with Crippen LogP contribution in [0.4, 0.5) is 0 Å². The van der Waals surface area contributed by atoms with Gasteiger partial charge in [0.2, 0.25) is 0 Å². The van der Waals surface area contributed by atoms with Gasteiger partial charge in [0.05, 0.1) is 0 Å². The second-order valence-electron chi connectivity index (χ2n) is 3.66. The molecule has 2 nitrogen and oxygen atoms in total. The molecule has 2 unspecified atom stereocenters. The van der Waals surface area contributed by atoms with Crippen LogP contribution in [0, 0.1) is 5.92 Å². The Morgan fingerprint density at radius 3 is 2.75 bits per heavy atom. The van der Waals surface area contributed by atoms with Crippen LogP contribution < -0.4 is 5.32 Å². The Balaban J connectivity index is 0.000000605. The van der Waals surface area contributed by atoms with Crippen LogP contribution in [-0.4, -0.2) is 37.6 Å². The summed E-state index contributed by atoms with van der Waals surface area (Å²) in [5.41, 5.74) is 0. The summed E-state index contributed by atoms with van der Waals surface area (Å²) < 4.78 is 0. The molecule has 0 amide bonds. The van der Waals surface area contributed by atoms with Crippen LogP contribution in [0.15, 0.2) is 0 Å². The summed E-state index contributed by atoms with van der Waals surface area (Å²) >= 11 is 0. The Labute approximate surface area is 86.9 Å². The molecule has 2 atom stereocenters. The molecule has 2 heterocycles. The van der Waals surface area contributed by atoms with Crippen LogP contribution in [0.2, 0.25) is 0 Å². The lowest BCUT2D eigenvalue weighted by molar-refractivity contribution is 0.198. The first-order valence-electron chi connectivity index (χ1n) is 4.28. The van der Waals surface area contributed by atoms with E-state index >= 15 is 0 Å². The van der Waals surface area contributed by atoms with Crippen LogP contribution in [0.1, 0.15) is 12.8 Å². The molecule has 0 aromatic heterocycles. The lowest BCUT2D eigenvalue weighted by atomic mass is 9.93. The number of likely N-dealkylation sites (N-methyl/N-ethyl adjacent to an activating group) is 1. The summed E-state index contributed by atoms with van der Waals surface area (Å²) in [5, 5.41) is 3.55. The van der Waals surface area contributed by atoms with Gasteiger partial charge in [0, 0.05) is 12.6 Å². The van der Waals surface area contributed by atoms with Crippen molar-refractivity contribution in [3.63, 3.8) is 0 Å². The second-order valence-corrected chi connectivity index (χ2v) is 3.66. The molecule has 0 saturated carbocycles. The van der Waals surface area contributed by atoms with Gasteiger partial charge in [0.1, 0.15) is 0 Å². The minimum absolute atomic E-state index is 0. The Hall–Kier alpha value is 0.500. The molecule has 0 bridgehead atoms. The fraction of sp³-hybridized carbons (Fsp3) is 1.00. The molecular formula is C8H18Cl2N2. The van der Waals surface area contributed by atoms with Crippen LogP contribution in [-0.2, 0) is 0 Å². The van der Waals surface area contributed by atoms with Crippen LogP contribution in [0.25, 0.3) is 0 Å². The van der Waals surface area contributed by atoms with Gasteiger partial charge in [0.25, 0.3) is 0 Å². The first-order chi connectivity index (χ1) is 4.86. The van der Waals surface area contributed by atoms with Crippen molar-refractivity contribution in [3.05, 3.63) is 0 Å². The Morgan fingerprint density at radius 1 is 1.25 bits per heavy atom. The Kier molecular flexibility index (Phi) is 5.50. The van der Waals surface area contributed by atoms with E-state index in [-0.39, 0.29) is 24.8 Å². The van der Waals surface area contributed by atoms with Gasteiger partial charge in [-0.15, -0.1) is 24.8 Å². The molecule has 2 aliphatic rings. The molecule has 0 aromatic carbocycles. The molecule has 2 aliphatic heterocycles. The fourth-order valence-electron chi connectivity index (χ4n) is 2.19. The van der Waals surface area contributed by atoms with Gasteiger partial charge < -0.3 is 10.2 Å². The van der Waals surface area contributed by atoms with Gasteiger partial charge >= 0.3 is 0 Å². The highest BCUT2D eigenvalue weighted by Crippen LogP contribution is 2.23. The zero-order valence-electron chi connectivity index (χ0n) is 7.45. The number of halogens is 2. The topological polar surface area (TPSA) is 15.3 Å². The number of likely N-dealkylation sites (tertiary alicyclic amines) is 1. The van der Waals surface area contributed by atoms with Gasteiger partial charge in [-0.3, -0.25) is 0 Å². The molecule has 2 saturated heterocycles. The largest absolute Gasteiger partial charge is 0.312 e. The molecule has 0 aliphatic carbocycles. The summed E-state index contributed by atoms with van der Waals surface area (Å²) in [4.78, 5) is 2.43. The third kappa shape index (κ3) is 2.49. The Bertz CT molecular complexity index is 132. The maximum Gasteiger partial charge on any atom is 0.0224 e. The van der Waals surface area contributed by atoms with Crippen molar-refractivity contribution in [3.8, 4) is 0 Å². The zero-order valence-corrected chi connectivity index (χ0v) is 9.09. The SMILES string of the molecule is CN1CCC2CCNC2C1.Cl.Cl. The minimum atomic E-state index is 0. The zero-order chi connectivity index (χ0) is 6.97. The predicted molar refractivity (Wildman–Crippen MR) is 56.5 cm³/mol. The van der Waals surface area contributed by atoms with Crippen molar-refractivity contribution < 1.29 is 0 Å². The number of fused-ring (bicyclic) bond motifs is 1. The van der Waals surface area contributed by atoms with Crippen molar-refractivity contribution >= 4 is 24.8 Å². The maximum absolute atomic E-state index is 3.55. The average Bonchev–Trinajstić information content (AvgIpc) is 2.33. The fourth-order valence-corrected chi connectivity index (χ4v) is 2.19. The third-order valence-corrected chi connectivity index (χ3v) is 2.88. The molecule has 4 heteroatoms. The van der Waals surface area contributed by atoms with Gasteiger partial charge in [-0.1, -0.05) is 0 Å². The summed E-state index contributed by atoms with van der Waals surface area (Å²) in [5.74, 6) is 0.996. The van der Waals surface area contributed by atoms with Gasteiger partial charge in [-0.05, 0) is 38.9 Å². The molecule has 0 spiro atoms. The van der Waals surface area contributed by atoms with E-state index in [0.29, 0.717) is 0 Å². The predicted octanol–water partition coefficient (Wildman–Crippen LogP) is 1.14. The van der Waals surface area contributed by atoms with Crippen LogP contribution in [0.5, 0.6) is 0 Å². The lowest BCUT2D eigenvalue weighted by Crippen LogP contribution is -2.44. The molecule has 12 heavy (non-hydrogen) atoms. The molecule has 2 fully saturated rings. The van der Waals surface area contributed by atoms with Gasteiger partial charge in [-0.2, -0.15) is 0 Å². The summed E-state index contributed by atoms with van der Waals surface area (Å²) in [6.45, 7) is 3.83. The molecule has 0 aromatic rings. The van der Waals surface area contributed by atoms with E-state index < -0.39 is 0 Å². The standard InChI is InChI=1S/C8H16N2.2ClH/c1-10-5-3-7-2-4-9-8(7)6-10;;/h7-9H,2-6H2,1H3;2*1H. The molecule has 0 radical (unpaired) electrons. The van der Waals surface area contributed by atoms with Crippen LogP contribution >= 0.6 is 24.8 Å². The van der Waals surface area contributed by atoms with E-state index in [1.807, 2.05) is 0 Å². The number of nitrogens with zero attached hydrogens (tertiary/aromatic N) is 1. The lowest BCUT2D eigenvalue weighted by Gasteiger charge is -2.31. The first-order valence-corrected chi connectivity index (χ1v) is 4.28. The van der Waals surface area contributed by atoms with E-state index in [4.69, 9.17) is 0 Å². The van der Waals surface area contributed by atoms with Gasteiger partial charge in [0.15, 0.2) is 0 Å². The van der Waals surface area contributed by atoms with E-state index in [2.05, 4.69) is 17.3 Å². The third-order valence-electron chi connectivity index (χ3n) is 2.88. The van der Waals surface area contributed by atoms with Crippen molar-refractivity contribution in [2.75, 3.05) is 26.7 Å². The van der Waals surface area contributed by atoms with Crippen molar-refractivity contribution in [2.45, 2.75) is 18.9 Å². The monoisotopic (exact) mass is 212 g/mol. The van der Waals surface area contributed by atoms with Crippen molar-refractivity contribution in [1.82, 2.24) is 10.2 Å². The van der Waals surface area contributed by atoms with E-state index in [1.165, 1.54) is 32.5 Å². The number of nitrogens with one attached hydrogen (secondary N) is 1. The van der Waals surface area contributed by atoms with E-state index in [0.717, 1.165) is 12.0 Å². The quantitative estimate of drug-likeness (QED) is 0.649. The number of hydrogen-bond acceptors (Lipinski definition) is 2. The highest BCUT2D eigenvalue weighted by Gasteiger charge is 2.30. The minimum Gasteiger partial charge on any atom is -0.312 e. The first kappa shape index (κ1) is 12.5. The summed E-state index contributed by atoms with van der Waals surface area (Å²) in [7, 11) is 2.22. The molecular weight excluding hydrogens is 195 g/mol. The highest BCUT2D eigenvalue weighted by molar-refractivity contribution is 5.85. The van der Waals surface area contributed by atoms with E-state index in [9.17, 15) is 0 Å². The smallest absolute Gasteiger partial charge is 0.0224 e. The van der Waals surface area contributed by atoms with E-state index in [1.54, 1.807) is 0 Å². The molecule has 1 N–H and O–H groups in total. The molecule has 2 rings (SSSR count). The van der Waals surface area contributed by atoms with Gasteiger partial charge in [-0.25, -0.2) is 0 Å². The van der Waals surface area contributed by atoms with Crippen molar-refractivity contribution in [1.29, 1.82) is 0 Å². The Morgan fingerprint density at radius 2 is 2.00 bits per heavy atom. The molecule has 74 valence electrons. The van der Waals surface area contributed by atoms with Crippen molar-refractivity contribution in [2.24, 2.45) is 5.92 Å². The average molecular weight is 213 g/mol. The highest BCUT2D eigenvalue weighted by atomic mass is 35.5. The number of hydrogen-bond donors (Lipinski definition) is 1. The maximum atomic E-state index is 3.55. The normalized spacial score (nSPS) is 34.8. The summed E-state index contributed by atoms with van der Waals surface area (Å²) in [6, 6.07) is 0.818. The number of piperidine rings is 1. The second kappa shape index (κ2) is 5.28.